The van der Waals surface area contributed by atoms with Crippen molar-refractivity contribution in [2.45, 2.75) is 11.3 Å². The average molecular weight is 405 g/mol. The highest BCUT2D eigenvalue weighted by Gasteiger charge is 2.21. The van der Waals surface area contributed by atoms with Crippen LogP contribution in [0.5, 0.6) is 0 Å². The molecule has 1 aromatic heterocycles. The van der Waals surface area contributed by atoms with Crippen molar-refractivity contribution < 1.29 is 21.6 Å². The van der Waals surface area contributed by atoms with Gasteiger partial charge in [-0.2, -0.15) is 8.42 Å². The molecule has 1 heterocycles. The topological polar surface area (TPSA) is 138 Å². The zero-order chi connectivity index (χ0) is 18.8. The van der Waals surface area contributed by atoms with Gasteiger partial charge in [0.2, 0.25) is 21.1 Å². The highest BCUT2D eigenvalue weighted by atomic mass is 32.2. The fourth-order valence-corrected chi connectivity index (χ4v) is 4.17. The number of sulfonamides is 2. The molecule has 0 saturated heterocycles. The van der Waals surface area contributed by atoms with Crippen molar-refractivity contribution in [2.75, 3.05) is 27.6 Å². The van der Waals surface area contributed by atoms with Crippen LogP contribution < -0.4 is 14.3 Å². The smallest absolute Gasteiger partial charge is 0.291 e. The van der Waals surface area contributed by atoms with E-state index in [0.29, 0.717) is 17.0 Å². The van der Waals surface area contributed by atoms with Gasteiger partial charge in [-0.1, -0.05) is 17.4 Å². The molecule has 0 bridgehead atoms. The van der Waals surface area contributed by atoms with Crippen LogP contribution in [0.15, 0.2) is 28.6 Å². The normalized spacial score (nSPS) is 11.8. The molecule has 0 radical (unpaired) electrons. The first kappa shape index (κ1) is 19.1. The van der Waals surface area contributed by atoms with Crippen LogP contribution in [0.2, 0.25) is 0 Å². The lowest BCUT2D eigenvalue weighted by molar-refractivity contribution is -0.114. The van der Waals surface area contributed by atoms with Gasteiger partial charge in [0.25, 0.3) is 14.4 Å². The molecule has 0 aliphatic carbocycles. The molecule has 25 heavy (non-hydrogen) atoms. The fraction of sp³-hybridized carbons (Fsp3) is 0.250. The Labute approximate surface area is 149 Å². The Morgan fingerprint density at radius 2 is 1.88 bits per heavy atom. The van der Waals surface area contributed by atoms with Gasteiger partial charge in [-0.15, -0.1) is 10.2 Å². The predicted molar refractivity (Wildman–Crippen MR) is 94.7 cm³/mol. The minimum atomic E-state index is -4.03. The Balaban J connectivity index is 2.26. The van der Waals surface area contributed by atoms with E-state index in [0.717, 1.165) is 10.6 Å². The van der Waals surface area contributed by atoms with Crippen molar-refractivity contribution in [3.05, 3.63) is 24.3 Å². The number of hydrogen-bond donors (Lipinski definition) is 2. The number of benzene rings is 1. The zero-order valence-electron chi connectivity index (χ0n) is 13.4. The molecule has 0 atom stereocenters. The number of nitrogens with zero attached hydrogens (tertiary/aromatic N) is 3. The highest BCUT2D eigenvalue weighted by molar-refractivity contribution is 7.94. The Kier molecular flexibility index (Phi) is 5.29. The van der Waals surface area contributed by atoms with Crippen LogP contribution in [-0.4, -0.2) is 46.2 Å². The standard InChI is InChI=1S/C12H15N5O5S3/c1-8(18)13-11-14-15-12(23-11)25(21,22)16-9-5-4-6-10(7-9)17(2)24(3,19)20/h4-7,16H,1-3H3,(H,13,14,18). The third kappa shape index (κ3) is 4.87. The lowest BCUT2D eigenvalue weighted by Crippen LogP contribution is -2.24. The molecule has 0 unspecified atom stereocenters. The van der Waals surface area contributed by atoms with Crippen LogP contribution >= 0.6 is 11.3 Å². The van der Waals surface area contributed by atoms with Gasteiger partial charge in [0.05, 0.1) is 17.6 Å². The fourth-order valence-electron chi connectivity index (χ4n) is 1.68. The van der Waals surface area contributed by atoms with E-state index in [9.17, 15) is 21.6 Å². The Morgan fingerprint density at radius 1 is 1.20 bits per heavy atom. The lowest BCUT2D eigenvalue weighted by atomic mass is 10.3. The van der Waals surface area contributed by atoms with E-state index in [1.165, 1.54) is 38.2 Å². The van der Waals surface area contributed by atoms with E-state index in [1.807, 2.05) is 0 Å². The van der Waals surface area contributed by atoms with Gasteiger partial charge in [0.1, 0.15) is 0 Å². The van der Waals surface area contributed by atoms with Gasteiger partial charge in [0, 0.05) is 14.0 Å². The van der Waals surface area contributed by atoms with Gasteiger partial charge in [0.15, 0.2) is 0 Å². The summed E-state index contributed by atoms with van der Waals surface area (Å²) in [6, 6.07) is 5.87. The second-order valence-electron chi connectivity index (χ2n) is 4.94. The molecule has 0 saturated carbocycles. The van der Waals surface area contributed by atoms with Crippen molar-refractivity contribution in [3.8, 4) is 0 Å². The molecule has 0 aliphatic heterocycles. The van der Waals surface area contributed by atoms with Crippen molar-refractivity contribution in [1.29, 1.82) is 0 Å². The maximum atomic E-state index is 12.3. The summed E-state index contributed by atoms with van der Waals surface area (Å²) in [6.07, 6.45) is 1.04. The molecule has 2 aromatic rings. The van der Waals surface area contributed by atoms with E-state index in [2.05, 4.69) is 20.2 Å². The predicted octanol–water partition coefficient (Wildman–Crippen LogP) is 0.693. The first-order valence-corrected chi connectivity index (χ1v) is 10.8. The van der Waals surface area contributed by atoms with Crippen LogP contribution in [0.3, 0.4) is 0 Å². The Bertz CT molecular complexity index is 1000. The Hall–Kier alpha value is -2.25. The van der Waals surface area contributed by atoms with E-state index in [-0.39, 0.29) is 15.2 Å². The number of carbonyl (C=O) groups is 1. The van der Waals surface area contributed by atoms with Gasteiger partial charge in [-0.05, 0) is 18.2 Å². The molecule has 0 spiro atoms. The van der Waals surface area contributed by atoms with E-state index < -0.39 is 26.0 Å². The van der Waals surface area contributed by atoms with Crippen molar-refractivity contribution in [3.63, 3.8) is 0 Å². The number of carbonyl (C=O) groups excluding carboxylic acids is 1. The minimum absolute atomic E-state index is 0.0541. The molecule has 0 aliphatic rings. The van der Waals surface area contributed by atoms with Gasteiger partial charge in [-0.3, -0.25) is 13.8 Å². The van der Waals surface area contributed by atoms with Crippen LogP contribution in [0.4, 0.5) is 16.5 Å². The molecule has 2 rings (SSSR count). The van der Waals surface area contributed by atoms with Crippen LogP contribution in [0.25, 0.3) is 0 Å². The monoisotopic (exact) mass is 405 g/mol. The molecule has 136 valence electrons. The van der Waals surface area contributed by atoms with Crippen molar-refractivity contribution >= 4 is 53.8 Å². The summed E-state index contributed by atoms with van der Waals surface area (Å²) >= 11 is 0.691. The van der Waals surface area contributed by atoms with E-state index >= 15 is 0 Å². The van der Waals surface area contributed by atoms with E-state index in [1.54, 1.807) is 0 Å². The molecule has 1 amide bonds. The molecular formula is C12H15N5O5S3. The summed E-state index contributed by atoms with van der Waals surface area (Å²) < 4.78 is 50.8. The molecule has 10 nitrogen and oxygen atoms in total. The number of anilines is 3. The molecule has 0 fully saturated rings. The van der Waals surface area contributed by atoms with Crippen LogP contribution in [0.1, 0.15) is 6.92 Å². The summed E-state index contributed by atoms with van der Waals surface area (Å²) in [5.74, 6) is -0.399. The van der Waals surface area contributed by atoms with Gasteiger partial charge in [-0.25, -0.2) is 8.42 Å². The summed E-state index contributed by atoms with van der Waals surface area (Å²) in [6.45, 7) is 1.26. The van der Waals surface area contributed by atoms with Crippen LogP contribution in [0, 0.1) is 0 Å². The number of nitrogens with one attached hydrogen (secondary N) is 2. The number of amides is 1. The second-order valence-corrected chi connectivity index (χ2v) is 9.79. The molecule has 2 N–H and O–H groups in total. The van der Waals surface area contributed by atoms with Gasteiger partial charge >= 0.3 is 0 Å². The van der Waals surface area contributed by atoms with Crippen molar-refractivity contribution in [1.82, 2.24) is 10.2 Å². The SMILES string of the molecule is CC(=O)Nc1nnc(S(=O)(=O)Nc2cccc(N(C)S(C)(=O)=O)c2)s1. The summed E-state index contributed by atoms with van der Waals surface area (Å²) in [5.41, 5.74) is 0.447. The largest absolute Gasteiger partial charge is 0.301 e. The first-order valence-electron chi connectivity index (χ1n) is 6.67. The molecule has 13 heteroatoms. The number of rotatable bonds is 6. The van der Waals surface area contributed by atoms with Crippen molar-refractivity contribution in [2.24, 2.45) is 0 Å². The molecule has 1 aromatic carbocycles. The van der Waals surface area contributed by atoms with Gasteiger partial charge < -0.3 is 5.32 Å². The second kappa shape index (κ2) is 6.93. The minimum Gasteiger partial charge on any atom is -0.301 e. The number of aromatic nitrogens is 2. The first-order chi connectivity index (χ1) is 11.5. The molecular weight excluding hydrogens is 390 g/mol. The third-order valence-corrected chi connectivity index (χ3v) is 6.67. The average Bonchev–Trinajstić information content (AvgIpc) is 2.94. The zero-order valence-corrected chi connectivity index (χ0v) is 15.9. The lowest BCUT2D eigenvalue weighted by Gasteiger charge is -2.17. The summed E-state index contributed by atoms with van der Waals surface area (Å²) in [5, 5.41) is 9.50. The maximum Gasteiger partial charge on any atom is 0.291 e. The third-order valence-electron chi connectivity index (χ3n) is 2.88. The van der Waals surface area contributed by atoms with Crippen LogP contribution in [-0.2, 0) is 24.8 Å². The highest BCUT2D eigenvalue weighted by Crippen LogP contribution is 2.25. The number of hydrogen-bond acceptors (Lipinski definition) is 8. The summed E-state index contributed by atoms with van der Waals surface area (Å²) in [7, 11) is -6.16. The summed E-state index contributed by atoms with van der Waals surface area (Å²) in [4.78, 5) is 11.0. The van der Waals surface area contributed by atoms with E-state index in [4.69, 9.17) is 0 Å². The maximum absolute atomic E-state index is 12.3. The Morgan fingerprint density at radius 3 is 2.48 bits per heavy atom. The quantitative estimate of drug-likeness (QED) is 0.674.